The molecule has 140 valence electrons. The minimum Gasteiger partial charge on any atom is -0.496 e. The summed E-state index contributed by atoms with van der Waals surface area (Å²) in [5, 5.41) is 1.11. The first-order chi connectivity index (χ1) is 13.8. The standard InChI is InChI=1S/C23H22N4O/c1-28-22-5-3-2-4-19(22)16-8-10-27(11-9-16)23-20-12-17(18-13-24-14-18)6-7-21(20)25-15-26-23/h2-7,12-16H,8-11H2,1H3. The fraction of sp³-hybridized carbons (Fsp3) is 0.261. The molecule has 5 heteroatoms. The van der Waals surface area contributed by atoms with E-state index < -0.39 is 0 Å². The third-order valence-electron chi connectivity index (χ3n) is 5.75. The van der Waals surface area contributed by atoms with E-state index in [1.165, 1.54) is 11.1 Å². The first kappa shape index (κ1) is 16.9. The van der Waals surface area contributed by atoms with Gasteiger partial charge in [-0.1, -0.05) is 24.3 Å². The van der Waals surface area contributed by atoms with Crippen LogP contribution >= 0.6 is 0 Å². The van der Waals surface area contributed by atoms with Gasteiger partial charge in [-0.25, -0.2) is 9.97 Å². The van der Waals surface area contributed by atoms with Crippen molar-refractivity contribution in [2.24, 2.45) is 4.99 Å². The predicted molar refractivity (Wildman–Crippen MR) is 113 cm³/mol. The number of hydrogen-bond donors (Lipinski definition) is 0. The van der Waals surface area contributed by atoms with E-state index in [0.717, 1.165) is 54.0 Å². The SMILES string of the molecule is COc1ccccc1C1CCN(c2ncnc3ccc(C4=CN=C4)cc23)CC1. The van der Waals surface area contributed by atoms with Crippen LogP contribution in [-0.4, -0.2) is 36.4 Å². The zero-order valence-electron chi connectivity index (χ0n) is 15.9. The fourth-order valence-electron chi connectivity index (χ4n) is 4.18. The Morgan fingerprint density at radius 3 is 2.61 bits per heavy atom. The fourth-order valence-corrected chi connectivity index (χ4v) is 4.18. The van der Waals surface area contributed by atoms with Crippen molar-refractivity contribution >= 4 is 28.5 Å². The highest BCUT2D eigenvalue weighted by Gasteiger charge is 2.24. The number of fused-ring (bicyclic) bond motifs is 1. The second kappa shape index (κ2) is 7.08. The number of anilines is 1. The molecule has 0 spiro atoms. The Morgan fingerprint density at radius 2 is 1.86 bits per heavy atom. The zero-order valence-corrected chi connectivity index (χ0v) is 15.9. The maximum Gasteiger partial charge on any atom is 0.139 e. The second-order valence-corrected chi connectivity index (χ2v) is 7.30. The van der Waals surface area contributed by atoms with Crippen molar-refractivity contribution in [2.45, 2.75) is 18.8 Å². The van der Waals surface area contributed by atoms with E-state index in [1.54, 1.807) is 13.4 Å². The summed E-state index contributed by atoms with van der Waals surface area (Å²) < 4.78 is 5.57. The molecule has 0 unspecified atom stereocenters. The minimum atomic E-state index is 0.521. The summed E-state index contributed by atoms with van der Waals surface area (Å²) in [5.41, 5.74) is 4.63. The summed E-state index contributed by atoms with van der Waals surface area (Å²) in [5.74, 6) is 2.54. The van der Waals surface area contributed by atoms with Crippen LogP contribution in [0, 0.1) is 0 Å². The number of methoxy groups -OCH3 is 1. The monoisotopic (exact) mass is 370 g/mol. The van der Waals surface area contributed by atoms with Gasteiger partial charge in [-0.2, -0.15) is 0 Å². The molecule has 0 bridgehead atoms. The molecule has 3 heterocycles. The maximum absolute atomic E-state index is 5.57. The number of aromatic nitrogens is 2. The molecule has 0 N–H and O–H groups in total. The number of para-hydroxylation sites is 1. The number of nitrogens with zero attached hydrogens (tertiary/aromatic N) is 4. The molecule has 0 aliphatic carbocycles. The molecule has 2 aliphatic heterocycles. The van der Waals surface area contributed by atoms with E-state index in [-0.39, 0.29) is 0 Å². The van der Waals surface area contributed by atoms with Crippen LogP contribution in [0.15, 0.2) is 60.0 Å². The van der Waals surface area contributed by atoms with Gasteiger partial charge >= 0.3 is 0 Å². The highest BCUT2D eigenvalue weighted by molar-refractivity contribution is 6.15. The summed E-state index contributed by atoms with van der Waals surface area (Å²) in [7, 11) is 1.75. The molecule has 3 aromatic rings. The highest BCUT2D eigenvalue weighted by atomic mass is 16.5. The summed E-state index contributed by atoms with van der Waals surface area (Å²) in [6, 6.07) is 14.7. The van der Waals surface area contributed by atoms with E-state index in [4.69, 9.17) is 4.74 Å². The Morgan fingerprint density at radius 1 is 1.04 bits per heavy atom. The number of ether oxygens (including phenoxy) is 1. The molecule has 5 rings (SSSR count). The van der Waals surface area contributed by atoms with Gasteiger partial charge in [-0.05, 0) is 48.1 Å². The van der Waals surface area contributed by atoms with E-state index in [2.05, 4.69) is 56.3 Å². The van der Waals surface area contributed by atoms with E-state index >= 15 is 0 Å². The smallest absolute Gasteiger partial charge is 0.139 e. The lowest BCUT2D eigenvalue weighted by atomic mass is 9.88. The van der Waals surface area contributed by atoms with Crippen LogP contribution in [0.25, 0.3) is 16.5 Å². The first-order valence-corrected chi connectivity index (χ1v) is 9.70. The molecule has 0 saturated carbocycles. The van der Waals surface area contributed by atoms with Crippen molar-refractivity contribution in [3.63, 3.8) is 0 Å². The van der Waals surface area contributed by atoms with E-state index in [9.17, 15) is 0 Å². The van der Waals surface area contributed by atoms with Crippen molar-refractivity contribution in [2.75, 3.05) is 25.1 Å². The Hall–Kier alpha value is -3.21. The van der Waals surface area contributed by atoms with Gasteiger partial charge < -0.3 is 9.64 Å². The van der Waals surface area contributed by atoms with Gasteiger partial charge in [-0.15, -0.1) is 0 Å². The number of benzene rings is 2. The van der Waals surface area contributed by atoms with Gasteiger partial charge in [0.2, 0.25) is 0 Å². The normalized spacial score (nSPS) is 16.8. The van der Waals surface area contributed by atoms with Gasteiger partial charge in [0, 0.05) is 36.5 Å². The highest BCUT2D eigenvalue weighted by Crippen LogP contribution is 2.36. The summed E-state index contributed by atoms with van der Waals surface area (Å²) in [6.07, 6.45) is 7.63. The van der Waals surface area contributed by atoms with Gasteiger partial charge in [0.15, 0.2) is 0 Å². The molecule has 2 aliphatic rings. The minimum absolute atomic E-state index is 0.521. The van der Waals surface area contributed by atoms with Crippen LogP contribution in [-0.2, 0) is 0 Å². The maximum atomic E-state index is 5.57. The van der Waals surface area contributed by atoms with Crippen LogP contribution in [0.1, 0.15) is 29.9 Å². The zero-order chi connectivity index (χ0) is 18.9. The summed E-state index contributed by atoms with van der Waals surface area (Å²) in [4.78, 5) is 15.6. The van der Waals surface area contributed by atoms with Crippen LogP contribution < -0.4 is 9.64 Å². The summed E-state index contributed by atoms with van der Waals surface area (Å²) >= 11 is 0. The van der Waals surface area contributed by atoms with Gasteiger partial charge in [0.05, 0.1) is 12.6 Å². The summed E-state index contributed by atoms with van der Waals surface area (Å²) in [6.45, 7) is 1.95. The van der Waals surface area contributed by atoms with Crippen LogP contribution in [0.5, 0.6) is 5.75 Å². The van der Waals surface area contributed by atoms with Crippen molar-refractivity contribution in [3.8, 4) is 5.75 Å². The van der Waals surface area contributed by atoms with Crippen LogP contribution in [0.3, 0.4) is 0 Å². The third-order valence-corrected chi connectivity index (χ3v) is 5.75. The van der Waals surface area contributed by atoms with Crippen LogP contribution in [0.4, 0.5) is 5.82 Å². The van der Waals surface area contributed by atoms with Crippen molar-refractivity contribution in [1.29, 1.82) is 0 Å². The first-order valence-electron chi connectivity index (χ1n) is 9.70. The average Bonchev–Trinajstić information content (AvgIpc) is 2.72. The lowest BCUT2D eigenvalue weighted by molar-refractivity contribution is 0.397. The number of rotatable bonds is 4. The van der Waals surface area contributed by atoms with Crippen molar-refractivity contribution in [3.05, 3.63) is 66.1 Å². The molecule has 1 aromatic heterocycles. The number of allylic oxidation sites excluding steroid dienone is 1. The number of aliphatic imine (C=N–C) groups is 1. The molecule has 0 radical (unpaired) electrons. The van der Waals surface area contributed by atoms with Crippen molar-refractivity contribution in [1.82, 2.24) is 9.97 Å². The van der Waals surface area contributed by atoms with E-state index in [1.807, 2.05) is 18.5 Å². The molecule has 28 heavy (non-hydrogen) atoms. The quantitative estimate of drug-likeness (QED) is 0.681. The molecular formula is C23H22N4O. The predicted octanol–water partition coefficient (Wildman–Crippen LogP) is 4.45. The van der Waals surface area contributed by atoms with E-state index in [0.29, 0.717) is 5.92 Å². The third kappa shape index (κ3) is 2.93. The molecule has 0 atom stereocenters. The number of piperidine rings is 1. The molecule has 1 saturated heterocycles. The molecular weight excluding hydrogens is 348 g/mol. The van der Waals surface area contributed by atoms with Gasteiger partial charge in [-0.3, -0.25) is 4.99 Å². The largest absolute Gasteiger partial charge is 0.496 e. The Kier molecular flexibility index (Phi) is 4.28. The lowest BCUT2D eigenvalue weighted by Gasteiger charge is -2.34. The number of hydrogen-bond acceptors (Lipinski definition) is 5. The Balaban J connectivity index is 1.41. The molecule has 2 aromatic carbocycles. The van der Waals surface area contributed by atoms with Crippen LogP contribution in [0.2, 0.25) is 0 Å². The second-order valence-electron chi connectivity index (χ2n) is 7.30. The molecule has 1 fully saturated rings. The average molecular weight is 370 g/mol. The Labute approximate surface area is 164 Å². The molecule has 0 amide bonds. The lowest BCUT2D eigenvalue weighted by Crippen LogP contribution is -2.33. The van der Waals surface area contributed by atoms with Crippen molar-refractivity contribution < 1.29 is 4.74 Å². The van der Waals surface area contributed by atoms with Gasteiger partial charge in [0.1, 0.15) is 17.9 Å². The Bertz CT molecular complexity index is 1080. The van der Waals surface area contributed by atoms with Gasteiger partial charge in [0.25, 0.3) is 0 Å². The molecule has 5 nitrogen and oxygen atoms in total. The topological polar surface area (TPSA) is 50.6 Å².